The Kier molecular flexibility index (Phi) is 3.36. The maximum atomic E-state index is 12.0. The molecule has 1 aliphatic rings. The van der Waals surface area contributed by atoms with E-state index >= 15 is 0 Å². The van der Waals surface area contributed by atoms with Crippen LogP contribution in [0.15, 0.2) is 18.2 Å². The first-order chi connectivity index (χ1) is 8.54. The van der Waals surface area contributed by atoms with Crippen LogP contribution in [0.1, 0.15) is 24.5 Å². The van der Waals surface area contributed by atoms with Crippen LogP contribution in [0, 0.1) is 13.8 Å². The van der Waals surface area contributed by atoms with E-state index < -0.39 is 6.04 Å². The van der Waals surface area contributed by atoms with E-state index in [0.29, 0.717) is 6.42 Å². The number of nitrogens with one attached hydrogen (secondary N) is 1. The maximum Gasteiger partial charge on any atom is 0.247 e. The fourth-order valence-corrected chi connectivity index (χ4v) is 2.22. The Morgan fingerprint density at radius 2 is 2.00 bits per heavy atom. The van der Waals surface area contributed by atoms with Crippen molar-refractivity contribution in [2.24, 2.45) is 0 Å². The molecule has 18 heavy (non-hydrogen) atoms. The Bertz CT molecular complexity index is 497. The number of carbonyl (C=O) groups is 2. The largest absolute Gasteiger partial charge is 0.345 e. The Morgan fingerprint density at radius 1 is 1.28 bits per heavy atom. The van der Waals surface area contributed by atoms with E-state index in [1.54, 1.807) is 4.90 Å². The van der Waals surface area contributed by atoms with E-state index in [1.807, 2.05) is 39.0 Å². The standard InChI is InChI=1S/C14H18N2O2/c1-4-12-14(18)15-8-13(17)16(12)11-6-5-9(2)10(3)7-11/h5-7,12H,4,8H2,1-3H3,(H,15,18). The van der Waals surface area contributed by atoms with Crippen LogP contribution < -0.4 is 10.2 Å². The molecule has 1 heterocycles. The smallest absolute Gasteiger partial charge is 0.247 e. The summed E-state index contributed by atoms with van der Waals surface area (Å²) in [4.78, 5) is 25.4. The molecule has 1 aromatic carbocycles. The Morgan fingerprint density at radius 3 is 2.61 bits per heavy atom. The van der Waals surface area contributed by atoms with Crippen molar-refractivity contribution in [2.75, 3.05) is 11.4 Å². The Balaban J connectivity index is 2.41. The normalized spacial score (nSPS) is 19.9. The molecule has 2 rings (SSSR count). The van der Waals surface area contributed by atoms with Gasteiger partial charge in [-0.2, -0.15) is 0 Å². The number of nitrogens with zero attached hydrogens (tertiary/aromatic N) is 1. The second-order valence-electron chi connectivity index (χ2n) is 4.67. The van der Waals surface area contributed by atoms with Gasteiger partial charge in [-0.3, -0.25) is 14.5 Å². The lowest BCUT2D eigenvalue weighted by atomic mass is 10.0. The number of amides is 2. The molecule has 1 fully saturated rings. The van der Waals surface area contributed by atoms with Crippen molar-refractivity contribution in [3.8, 4) is 0 Å². The average molecular weight is 246 g/mol. The molecule has 1 unspecified atom stereocenters. The number of piperazine rings is 1. The van der Waals surface area contributed by atoms with Gasteiger partial charge in [-0.25, -0.2) is 0 Å². The molecule has 1 aliphatic heterocycles. The summed E-state index contributed by atoms with van der Waals surface area (Å²) >= 11 is 0. The highest BCUT2D eigenvalue weighted by Gasteiger charge is 2.34. The maximum absolute atomic E-state index is 12.0. The number of hydrogen-bond acceptors (Lipinski definition) is 2. The fraction of sp³-hybridized carbons (Fsp3) is 0.429. The highest BCUT2D eigenvalue weighted by Crippen LogP contribution is 2.23. The molecule has 0 radical (unpaired) electrons. The molecular weight excluding hydrogens is 228 g/mol. The summed E-state index contributed by atoms with van der Waals surface area (Å²) in [5.41, 5.74) is 3.12. The molecule has 0 aromatic heterocycles. The summed E-state index contributed by atoms with van der Waals surface area (Å²) in [6.45, 7) is 6.04. The molecule has 1 aromatic rings. The van der Waals surface area contributed by atoms with Gasteiger partial charge < -0.3 is 5.32 Å². The minimum atomic E-state index is -0.395. The van der Waals surface area contributed by atoms with Crippen LogP contribution in [0.5, 0.6) is 0 Å². The lowest BCUT2D eigenvalue weighted by Gasteiger charge is -2.34. The third-order valence-corrected chi connectivity index (χ3v) is 3.45. The minimum absolute atomic E-state index is 0.0512. The summed E-state index contributed by atoms with van der Waals surface area (Å²) in [5.74, 6) is -0.125. The van der Waals surface area contributed by atoms with Crippen LogP contribution >= 0.6 is 0 Å². The molecular formula is C14H18N2O2. The molecule has 0 aliphatic carbocycles. The molecule has 1 saturated heterocycles. The van der Waals surface area contributed by atoms with Gasteiger partial charge in [0.25, 0.3) is 0 Å². The SMILES string of the molecule is CCC1C(=O)NCC(=O)N1c1ccc(C)c(C)c1. The number of anilines is 1. The van der Waals surface area contributed by atoms with Crippen LogP contribution in [0.25, 0.3) is 0 Å². The molecule has 0 bridgehead atoms. The second kappa shape index (κ2) is 4.80. The third kappa shape index (κ3) is 2.10. The monoisotopic (exact) mass is 246 g/mol. The lowest BCUT2D eigenvalue weighted by molar-refractivity contribution is -0.131. The van der Waals surface area contributed by atoms with E-state index in [9.17, 15) is 9.59 Å². The number of rotatable bonds is 2. The van der Waals surface area contributed by atoms with E-state index in [1.165, 1.54) is 5.56 Å². The molecule has 96 valence electrons. The summed E-state index contributed by atoms with van der Waals surface area (Å²) < 4.78 is 0. The molecule has 1 atom stereocenters. The predicted molar refractivity (Wildman–Crippen MR) is 70.5 cm³/mol. The molecule has 1 N–H and O–H groups in total. The topological polar surface area (TPSA) is 49.4 Å². The summed E-state index contributed by atoms with van der Waals surface area (Å²) in [5, 5.41) is 2.63. The Hall–Kier alpha value is -1.84. The number of carbonyl (C=O) groups excluding carboxylic acids is 2. The van der Waals surface area contributed by atoms with Gasteiger partial charge >= 0.3 is 0 Å². The Labute approximate surface area is 107 Å². The van der Waals surface area contributed by atoms with Crippen LogP contribution in [0.3, 0.4) is 0 Å². The van der Waals surface area contributed by atoms with Crippen LogP contribution in [0.2, 0.25) is 0 Å². The van der Waals surface area contributed by atoms with Gasteiger partial charge in [0.1, 0.15) is 6.04 Å². The third-order valence-electron chi connectivity index (χ3n) is 3.45. The van der Waals surface area contributed by atoms with Crippen molar-refractivity contribution in [3.05, 3.63) is 29.3 Å². The summed E-state index contributed by atoms with van der Waals surface area (Å²) in [6.07, 6.45) is 0.616. The number of benzene rings is 1. The van der Waals surface area contributed by atoms with Crippen LogP contribution in [-0.4, -0.2) is 24.4 Å². The highest BCUT2D eigenvalue weighted by molar-refractivity contribution is 6.06. The van der Waals surface area contributed by atoms with Crippen molar-refractivity contribution < 1.29 is 9.59 Å². The van der Waals surface area contributed by atoms with E-state index in [0.717, 1.165) is 11.3 Å². The van der Waals surface area contributed by atoms with E-state index in [-0.39, 0.29) is 18.4 Å². The van der Waals surface area contributed by atoms with Crippen LogP contribution in [0.4, 0.5) is 5.69 Å². The molecule has 0 saturated carbocycles. The molecule has 2 amide bonds. The van der Waals surface area contributed by atoms with E-state index in [4.69, 9.17) is 0 Å². The van der Waals surface area contributed by atoms with Gasteiger partial charge in [0.15, 0.2) is 0 Å². The zero-order valence-corrected chi connectivity index (χ0v) is 11.0. The van der Waals surface area contributed by atoms with Crippen molar-refractivity contribution in [3.63, 3.8) is 0 Å². The first-order valence-corrected chi connectivity index (χ1v) is 6.21. The molecule has 0 spiro atoms. The van der Waals surface area contributed by atoms with Crippen LogP contribution in [-0.2, 0) is 9.59 Å². The van der Waals surface area contributed by atoms with Crippen molar-refractivity contribution >= 4 is 17.5 Å². The lowest BCUT2D eigenvalue weighted by Crippen LogP contribution is -2.58. The molecule has 4 heteroatoms. The minimum Gasteiger partial charge on any atom is -0.345 e. The fourth-order valence-electron chi connectivity index (χ4n) is 2.22. The second-order valence-corrected chi connectivity index (χ2v) is 4.67. The summed E-state index contributed by atoms with van der Waals surface area (Å²) in [7, 11) is 0. The van der Waals surface area contributed by atoms with Crippen molar-refractivity contribution in [1.82, 2.24) is 5.32 Å². The van der Waals surface area contributed by atoms with Crippen molar-refractivity contribution in [1.29, 1.82) is 0 Å². The van der Waals surface area contributed by atoms with E-state index in [2.05, 4.69) is 5.32 Å². The zero-order valence-electron chi connectivity index (χ0n) is 11.0. The number of aryl methyl sites for hydroxylation is 2. The summed E-state index contributed by atoms with van der Waals surface area (Å²) in [6, 6.07) is 5.46. The van der Waals surface area contributed by atoms with Gasteiger partial charge in [0.05, 0.1) is 6.54 Å². The first kappa shape index (κ1) is 12.6. The van der Waals surface area contributed by atoms with Crippen molar-refractivity contribution in [2.45, 2.75) is 33.2 Å². The quantitative estimate of drug-likeness (QED) is 0.860. The number of hydrogen-bond donors (Lipinski definition) is 1. The molecule has 4 nitrogen and oxygen atoms in total. The van der Waals surface area contributed by atoms with Gasteiger partial charge in [-0.05, 0) is 43.5 Å². The first-order valence-electron chi connectivity index (χ1n) is 6.21. The average Bonchev–Trinajstić information content (AvgIpc) is 2.35. The highest BCUT2D eigenvalue weighted by atomic mass is 16.2. The van der Waals surface area contributed by atoms with Gasteiger partial charge in [-0.15, -0.1) is 0 Å². The van der Waals surface area contributed by atoms with Gasteiger partial charge in [0.2, 0.25) is 11.8 Å². The van der Waals surface area contributed by atoms with Gasteiger partial charge in [-0.1, -0.05) is 13.0 Å². The predicted octanol–water partition coefficient (Wildman–Crippen LogP) is 1.54. The zero-order chi connectivity index (χ0) is 13.3. The van der Waals surface area contributed by atoms with Gasteiger partial charge in [0, 0.05) is 5.69 Å².